The molecule has 2 rings (SSSR count). The molecule has 3 nitrogen and oxygen atoms in total. The van der Waals surface area contributed by atoms with E-state index in [0.717, 1.165) is 12.2 Å². The monoisotopic (exact) mass is 274 g/mol. The molecule has 2 aromatic carbocycles. The highest BCUT2D eigenvalue weighted by Crippen LogP contribution is 2.16. The lowest BCUT2D eigenvalue weighted by Crippen LogP contribution is -2.11. The number of hydrogen-bond acceptors (Lipinski definition) is 2. The average Bonchev–Trinajstić information content (AvgIpc) is 2.40. The molecule has 1 amide bonds. The van der Waals surface area contributed by atoms with Crippen molar-refractivity contribution < 1.29 is 4.79 Å². The number of halogens is 1. The van der Waals surface area contributed by atoms with Crippen LogP contribution in [0.25, 0.3) is 0 Å². The quantitative estimate of drug-likeness (QED) is 0.884. The Labute approximate surface area is 117 Å². The molecule has 2 N–H and O–H groups in total. The minimum Gasteiger partial charge on any atom is -0.385 e. The summed E-state index contributed by atoms with van der Waals surface area (Å²) in [5.74, 6) is -0.148. The van der Waals surface area contributed by atoms with Gasteiger partial charge in [-0.3, -0.25) is 4.79 Å². The molecule has 0 aliphatic heterocycles. The van der Waals surface area contributed by atoms with E-state index in [-0.39, 0.29) is 5.91 Å². The van der Waals surface area contributed by atoms with E-state index in [0.29, 0.717) is 16.3 Å². The van der Waals surface area contributed by atoms with Gasteiger partial charge in [-0.1, -0.05) is 17.7 Å². The van der Waals surface area contributed by atoms with Crippen molar-refractivity contribution in [1.82, 2.24) is 0 Å². The van der Waals surface area contributed by atoms with Gasteiger partial charge >= 0.3 is 0 Å². The number of anilines is 2. The van der Waals surface area contributed by atoms with Crippen molar-refractivity contribution in [3.05, 3.63) is 59.1 Å². The zero-order valence-corrected chi connectivity index (χ0v) is 11.4. The molecule has 98 valence electrons. The summed E-state index contributed by atoms with van der Waals surface area (Å²) in [4.78, 5) is 12.0. The maximum atomic E-state index is 12.0. The summed E-state index contributed by atoms with van der Waals surface area (Å²) in [5, 5.41) is 6.59. The van der Waals surface area contributed by atoms with Gasteiger partial charge in [0.15, 0.2) is 0 Å². The van der Waals surface area contributed by atoms with E-state index < -0.39 is 0 Å². The molecule has 0 aromatic heterocycles. The van der Waals surface area contributed by atoms with Crippen LogP contribution < -0.4 is 10.6 Å². The fraction of sp³-hybridized carbons (Fsp3) is 0.133. The van der Waals surface area contributed by atoms with E-state index in [2.05, 4.69) is 10.6 Å². The van der Waals surface area contributed by atoms with Crippen molar-refractivity contribution in [2.45, 2.75) is 6.92 Å². The molecule has 0 saturated heterocycles. The summed E-state index contributed by atoms with van der Waals surface area (Å²) in [7, 11) is 0. The van der Waals surface area contributed by atoms with Crippen molar-refractivity contribution in [3.63, 3.8) is 0 Å². The smallest absolute Gasteiger partial charge is 0.255 e. The molecule has 0 bridgehead atoms. The molecule has 0 radical (unpaired) electrons. The van der Waals surface area contributed by atoms with Crippen molar-refractivity contribution in [1.29, 1.82) is 0 Å². The molecule has 0 atom stereocenters. The van der Waals surface area contributed by atoms with Gasteiger partial charge in [-0.2, -0.15) is 0 Å². The molecule has 0 unspecified atom stereocenters. The van der Waals surface area contributed by atoms with Crippen molar-refractivity contribution in [2.75, 3.05) is 17.2 Å². The third kappa shape index (κ3) is 3.73. The number of hydrogen-bond donors (Lipinski definition) is 2. The molecule has 0 fully saturated rings. The number of amides is 1. The molecule has 0 aliphatic rings. The van der Waals surface area contributed by atoms with Gasteiger partial charge in [0.1, 0.15) is 0 Å². The Morgan fingerprint density at radius 2 is 1.84 bits per heavy atom. The first-order chi connectivity index (χ1) is 9.19. The van der Waals surface area contributed by atoms with Crippen molar-refractivity contribution >= 4 is 28.9 Å². The predicted molar refractivity (Wildman–Crippen MR) is 80.0 cm³/mol. The SMILES string of the molecule is CCNc1ccc(C(=O)Nc2cccc(Cl)c2)cc1. The number of benzene rings is 2. The molecule has 4 heteroatoms. The summed E-state index contributed by atoms with van der Waals surface area (Å²) >= 11 is 5.87. The van der Waals surface area contributed by atoms with Gasteiger partial charge in [0, 0.05) is 28.5 Å². The second kappa shape index (κ2) is 6.25. The lowest BCUT2D eigenvalue weighted by molar-refractivity contribution is 0.102. The van der Waals surface area contributed by atoms with E-state index in [1.54, 1.807) is 36.4 Å². The van der Waals surface area contributed by atoms with E-state index in [4.69, 9.17) is 11.6 Å². The molecule has 0 heterocycles. The third-order valence-corrected chi connectivity index (χ3v) is 2.85. The minimum absolute atomic E-state index is 0.148. The van der Waals surface area contributed by atoms with Crippen LogP contribution in [0.1, 0.15) is 17.3 Å². The van der Waals surface area contributed by atoms with Crippen LogP contribution in [0.5, 0.6) is 0 Å². The first-order valence-electron chi connectivity index (χ1n) is 6.10. The highest BCUT2D eigenvalue weighted by atomic mass is 35.5. The zero-order chi connectivity index (χ0) is 13.7. The molecular formula is C15H15ClN2O. The Kier molecular flexibility index (Phi) is 4.42. The highest BCUT2D eigenvalue weighted by Gasteiger charge is 2.06. The molecule has 0 aliphatic carbocycles. The fourth-order valence-electron chi connectivity index (χ4n) is 1.71. The molecule has 0 spiro atoms. The fourth-order valence-corrected chi connectivity index (χ4v) is 1.90. The Bertz CT molecular complexity index is 567. The van der Waals surface area contributed by atoms with Gasteiger partial charge in [-0.05, 0) is 49.4 Å². The number of nitrogens with one attached hydrogen (secondary N) is 2. The van der Waals surface area contributed by atoms with Crippen LogP contribution in [-0.4, -0.2) is 12.5 Å². The van der Waals surface area contributed by atoms with E-state index >= 15 is 0 Å². The lowest BCUT2D eigenvalue weighted by Gasteiger charge is -2.07. The summed E-state index contributed by atoms with van der Waals surface area (Å²) < 4.78 is 0. The predicted octanol–water partition coefficient (Wildman–Crippen LogP) is 4.02. The average molecular weight is 275 g/mol. The number of carbonyl (C=O) groups excluding carboxylic acids is 1. The number of carbonyl (C=O) groups is 1. The summed E-state index contributed by atoms with van der Waals surface area (Å²) in [6.07, 6.45) is 0. The van der Waals surface area contributed by atoms with E-state index in [1.165, 1.54) is 0 Å². The minimum atomic E-state index is -0.148. The molecule has 2 aromatic rings. The van der Waals surface area contributed by atoms with Gasteiger partial charge in [0.2, 0.25) is 0 Å². The molecular weight excluding hydrogens is 260 g/mol. The van der Waals surface area contributed by atoms with Gasteiger partial charge in [-0.15, -0.1) is 0 Å². The second-order valence-corrected chi connectivity index (χ2v) is 4.51. The number of rotatable bonds is 4. The van der Waals surface area contributed by atoms with Crippen molar-refractivity contribution in [2.24, 2.45) is 0 Å². The molecule has 19 heavy (non-hydrogen) atoms. The summed E-state index contributed by atoms with van der Waals surface area (Å²) in [6, 6.07) is 14.4. The van der Waals surface area contributed by atoms with E-state index in [9.17, 15) is 4.79 Å². The molecule has 0 saturated carbocycles. The Morgan fingerprint density at radius 3 is 2.47 bits per heavy atom. The van der Waals surface area contributed by atoms with Gasteiger partial charge in [-0.25, -0.2) is 0 Å². The maximum Gasteiger partial charge on any atom is 0.255 e. The van der Waals surface area contributed by atoms with Crippen LogP contribution in [0.2, 0.25) is 5.02 Å². The zero-order valence-electron chi connectivity index (χ0n) is 10.6. The summed E-state index contributed by atoms with van der Waals surface area (Å²) in [5.41, 5.74) is 2.30. The van der Waals surface area contributed by atoms with Crippen LogP contribution in [0.15, 0.2) is 48.5 Å². The van der Waals surface area contributed by atoms with E-state index in [1.807, 2.05) is 19.1 Å². The second-order valence-electron chi connectivity index (χ2n) is 4.07. The standard InChI is InChI=1S/C15H15ClN2O/c1-2-17-13-8-6-11(7-9-13)15(19)18-14-5-3-4-12(16)10-14/h3-10,17H,2H2,1H3,(H,18,19). The highest BCUT2D eigenvalue weighted by molar-refractivity contribution is 6.30. The van der Waals surface area contributed by atoms with Crippen LogP contribution >= 0.6 is 11.6 Å². The van der Waals surface area contributed by atoms with Gasteiger partial charge in [0.05, 0.1) is 0 Å². The maximum absolute atomic E-state index is 12.0. The van der Waals surface area contributed by atoms with Crippen LogP contribution in [-0.2, 0) is 0 Å². The van der Waals surface area contributed by atoms with Gasteiger partial charge in [0.25, 0.3) is 5.91 Å². The normalized spacial score (nSPS) is 10.0. The third-order valence-electron chi connectivity index (χ3n) is 2.61. The van der Waals surface area contributed by atoms with Crippen molar-refractivity contribution in [3.8, 4) is 0 Å². The Morgan fingerprint density at radius 1 is 1.11 bits per heavy atom. The largest absolute Gasteiger partial charge is 0.385 e. The van der Waals surface area contributed by atoms with Crippen LogP contribution in [0.3, 0.4) is 0 Å². The topological polar surface area (TPSA) is 41.1 Å². The van der Waals surface area contributed by atoms with Crippen LogP contribution in [0.4, 0.5) is 11.4 Å². The lowest BCUT2D eigenvalue weighted by atomic mass is 10.2. The van der Waals surface area contributed by atoms with Crippen LogP contribution in [0, 0.1) is 0 Å². The first-order valence-corrected chi connectivity index (χ1v) is 6.47. The Hall–Kier alpha value is -2.00. The first kappa shape index (κ1) is 13.4. The van der Waals surface area contributed by atoms with Gasteiger partial charge < -0.3 is 10.6 Å². The Balaban J connectivity index is 2.07. The summed E-state index contributed by atoms with van der Waals surface area (Å²) in [6.45, 7) is 2.88.